The topological polar surface area (TPSA) is 109 Å². The van der Waals surface area contributed by atoms with Gasteiger partial charge in [-0.15, -0.1) is 21.5 Å². The van der Waals surface area contributed by atoms with Crippen LogP contribution in [0.3, 0.4) is 0 Å². The van der Waals surface area contributed by atoms with Crippen LogP contribution in [0.4, 0.5) is 0 Å². The first-order chi connectivity index (χ1) is 20.5. The van der Waals surface area contributed by atoms with E-state index in [0.29, 0.717) is 11.6 Å². The number of benzene rings is 1. The van der Waals surface area contributed by atoms with Crippen molar-refractivity contribution in [2.45, 2.75) is 76.7 Å². The molecule has 4 heterocycles. The zero-order valence-electron chi connectivity index (χ0n) is 23.9. The third-order valence-electron chi connectivity index (χ3n) is 8.22. The lowest BCUT2D eigenvalue weighted by molar-refractivity contribution is -0.146. The fourth-order valence-electron chi connectivity index (χ4n) is 6.11. The fourth-order valence-corrected chi connectivity index (χ4v) is 6.93. The van der Waals surface area contributed by atoms with Crippen LogP contribution in [0.5, 0.6) is 0 Å². The summed E-state index contributed by atoms with van der Waals surface area (Å²) >= 11 is 1.51. The van der Waals surface area contributed by atoms with Crippen LogP contribution in [0.15, 0.2) is 64.4 Å². The maximum Gasteiger partial charge on any atom is 0.248 e. The van der Waals surface area contributed by atoms with E-state index in [2.05, 4.69) is 49.9 Å². The van der Waals surface area contributed by atoms with E-state index < -0.39 is 6.04 Å². The van der Waals surface area contributed by atoms with Gasteiger partial charge >= 0.3 is 0 Å². The maximum atomic E-state index is 14.2. The van der Waals surface area contributed by atoms with Gasteiger partial charge in [0.1, 0.15) is 18.3 Å². The van der Waals surface area contributed by atoms with Crippen molar-refractivity contribution < 1.29 is 14.0 Å². The Morgan fingerprint density at radius 2 is 1.83 bits per heavy atom. The molecule has 42 heavy (non-hydrogen) atoms. The number of nitrogens with zero attached hydrogens (tertiary/aromatic N) is 6. The summed E-state index contributed by atoms with van der Waals surface area (Å²) in [5.74, 6) is 1.26. The molecule has 2 fully saturated rings. The third kappa shape index (κ3) is 6.63. The molecule has 0 bridgehead atoms. The van der Waals surface area contributed by atoms with Gasteiger partial charge in [0, 0.05) is 36.6 Å². The molecule has 1 aromatic carbocycles. The Morgan fingerprint density at radius 1 is 1.05 bits per heavy atom. The van der Waals surface area contributed by atoms with Crippen LogP contribution >= 0.6 is 11.3 Å². The Hall–Kier alpha value is -3.83. The van der Waals surface area contributed by atoms with E-state index in [-0.39, 0.29) is 30.4 Å². The van der Waals surface area contributed by atoms with Gasteiger partial charge < -0.3 is 14.6 Å². The molecule has 3 aromatic heterocycles. The number of carbonyl (C=O) groups is 2. The van der Waals surface area contributed by atoms with Gasteiger partial charge in [-0.3, -0.25) is 14.5 Å². The highest BCUT2D eigenvalue weighted by atomic mass is 32.1. The molecule has 11 heteroatoms. The van der Waals surface area contributed by atoms with Gasteiger partial charge in [-0.2, -0.15) is 4.80 Å². The Bertz CT molecular complexity index is 1450. The first kappa shape index (κ1) is 28.3. The normalized spacial score (nSPS) is 17.4. The van der Waals surface area contributed by atoms with Crippen molar-refractivity contribution in [3.8, 4) is 11.6 Å². The van der Waals surface area contributed by atoms with Gasteiger partial charge in [-0.05, 0) is 67.0 Å². The number of furan rings is 1. The lowest BCUT2D eigenvalue weighted by Crippen LogP contribution is -2.53. The number of piperidine rings is 1. The minimum absolute atomic E-state index is 0.0957. The predicted molar refractivity (Wildman–Crippen MR) is 159 cm³/mol. The molecule has 1 atom stereocenters. The van der Waals surface area contributed by atoms with Crippen LogP contribution in [0.2, 0.25) is 0 Å². The lowest BCUT2D eigenvalue weighted by atomic mass is 9.99. The van der Waals surface area contributed by atoms with Gasteiger partial charge in [0.2, 0.25) is 17.6 Å². The molecule has 2 amide bonds. The van der Waals surface area contributed by atoms with E-state index in [0.717, 1.165) is 68.8 Å². The van der Waals surface area contributed by atoms with Crippen molar-refractivity contribution in [3.05, 3.63) is 76.2 Å². The van der Waals surface area contributed by atoms with Crippen molar-refractivity contribution in [3.63, 3.8) is 0 Å². The van der Waals surface area contributed by atoms with Crippen LogP contribution < -0.4 is 5.32 Å². The second-order valence-corrected chi connectivity index (χ2v) is 12.2. The molecule has 2 aliphatic rings. The van der Waals surface area contributed by atoms with Crippen molar-refractivity contribution in [2.75, 3.05) is 13.1 Å². The zero-order valence-corrected chi connectivity index (χ0v) is 24.7. The average Bonchev–Trinajstić information content (AvgIpc) is 3.82. The predicted octanol–water partition coefficient (Wildman–Crippen LogP) is 4.60. The summed E-state index contributed by atoms with van der Waals surface area (Å²) < 4.78 is 5.64. The number of aryl methyl sites for hydroxylation is 1. The van der Waals surface area contributed by atoms with Gasteiger partial charge in [0.05, 0.1) is 0 Å². The van der Waals surface area contributed by atoms with E-state index in [4.69, 9.17) is 4.42 Å². The number of nitrogens with one attached hydrogen (secondary N) is 1. The highest BCUT2D eigenvalue weighted by Crippen LogP contribution is 2.32. The highest BCUT2D eigenvalue weighted by molar-refractivity contribution is 7.10. The number of hydrogen-bond donors (Lipinski definition) is 1. The number of amides is 2. The second-order valence-electron chi connectivity index (χ2n) is 11.3. The number of tetrazole rings is 1. The summed E-state index contributed by atoms with van der Waals surface area (Å²) in [6, 6.07) is 17.3. The first-order valence-electron chi connectivity index (χ1n) is 14.8. The molecule has 1 aliphatic carbocycles. The molecule has 1 saturated heterocycles. The van der Waals surface area contributed by atoms with Gasteiger partial charge in [0.25, 0.3) is 0 Å². The molecule has 1 aliphatic heterocycles. The van der Waals surface area contributed by atoms with Gasteiger partial charge in [-0.1, -0.05) is 49.2 Å². The largest absolute Gasteiger partial charge is 0.458 e. The van der Waals surface area contributed by atoms with E-state index >= 15 is 0 Å². The van der Waals surface area contributed by atoms with E-state index in [1.807, 2.05) is 41.5 Å². The molecule has 220 valence electrons. The van der Waals surface area contributed by atoms with E-state index in [1.165, 1.54) is 21.7 Å². The first-order valence-corrected chi connectivity index (χ1v) is 15.7. The van der Waals surface area contributed by atoms with Crippen molar-refractivity contribution in [1.82, 2.24) is 35.3 Å². The summed E-state index contributed by atoms with van der Waals surface area (Å²) in [4.78, 5) is 34.6. The van der Waals surface area contributed by atoms with Crippen LogP contribution in [0.25, 0.3) is 11.6 Å². The van der Waals surface area contributed by atoms with Crippen LogP contribution in [0.1, 0.15) is 60.8 Å². The summed E-state index contributed by atoms with van der Waals surface area (Å²) in [6.45, 7) is 4.29. The number of hydrogen-bond acceptors (Lipinski definition) is 8. The number of thiophene rings is 1. The quantitative estimate of drug-likeness (QED) is 0.289. The molecule has 0 spiro atoms. The molecule has 4 aromatic rings. The molecule has 10 nitrogen and oxygen atoms in total. The molecule has 0 radical (unpaired) electrons. The van der Waals surface area contributed by atoms with E-state index in [1.54, 1.807) is 6.07 Å². The fraction of sp³-hybridized carbons (Fsp3) is 0.452. The summed E-state index contributed by atoms with van der Waals surface area (Å²) in [6.07, 6.45) is 5.75. The van der Waals surface area contributed by atoms with Crippen molar-refractivity contribution >= 4 is 23.2 Å². The van der Waals surface area contributed by atoms with Gasteiger partial charge in [0.15, 0.2) is 5.76 Å². The van der Waals surface area contributed by atoms with Crippen LogP contribution in [0, 0.1) is 6.92 Å². The van der Waals surface area contributed by atoms with Crippen LogP contribution in [-0.2, 0) is 22.7 Å². The second kappa shape index (κ2) is 13.0. The zero-order chi connectivity index (χ0) is 28.9. The summed E-state index contributed by atoms with van der Waals surface area (Å²) in [7, 11) is 0. The number of carbonyl (C=O) groups excluding carboxylic acids is 2. The Labute approximate surface area is 249 Å². The Balaban J connectivity index is 1.24. The standard InChI is InChI=1S/C31H37N7O3S/c1-22-13-14-26(41-22)30-33-35-37(34-30)21-28(39)38(25-15-17-36(18-16-25)20-23-8-3-2-4-9-23)29(27-12-7-19-42-27)31(40)32-24-10-5-6-11-24/h2-4,7-9,12-14,19,24-25,29H,5-6,10-11,15-18,20-21H2,1H3,(H,32,40)/t29-/m0/s1. The summed E-state index contributed by atoms with van der Waals surface area (Å²) in [5, 5.41) is 17.9. The monoisotopic (exact) mass is 587 g/mol. The van der Waals surface area contributed by atoms with Crippen molar-refractivity contribution in [2.24, 2.45) is 0 Å². The average molecular weight is 588 g/mol. The van der Waals surface area contributed by atoms with Crippen molar-refractivity contribution in [1.29, 1.82) is 0 Å². The number of likely N-dealkylation sites (tertiary alicyclic amines) is 1. The molecular formula is C31H37N7O3S. The molecular weight excluding hydrogens is 550 g/mol. The minimum Gasteiger partial charge on any atom is -0.458 e. The Kier molecular flexibility index (Phi) is 8.76. The molecule has 0 unspecified atom stereocenters. The number of aromatic nitrogens is 4. The molecule has 1 saturated carbocycles. The maximum absolute atomic E-state index is 14.2. The Morgan fingerprint density at radius 3 is 2.52 bits per heavy atom. The summed E-state index contributed by atoms with van der Waals surface area (Å²) in [5.41, 5.74) is 1.27. The van der Waals surface area contributed by atoms with Crippen LogP contribution in [-0.4, -0.2) is 67.0 Å². The lowest BCUT2D eigenvalue weighted by Gasteiger charge is -2.42. The smallest absolute Gasteiger partial charge is 0.248 e. The SMILES string of the molecule is Cc1ccc(-c2nnn(CC(=O)N(C3CCN(Cc4ccccc4)CC3)[C@H](C(=O)NC3CCCC3)c3cccs3)n2)o1. The number of rotatable bonds is 10. The highest BCUT2D eigenvalue weighted by Gasteiger charge is 2.39. The van der Waals surface area contributed by atoms with E-state index in [9.17, 15) is 9.59 Å². The molecule has 1 N–H and O–H groups in total. The van der Waals surface area contributed by atoms with Gasteiger partial charge in [-0.25, -0.2) is 0 Å². The molecule has 6 rings (SSSR count). The minimum atomic E-state index is -0.709. The third-order valence-corrected chi connectivity index (χ3v) is 9.14.